The van der Waals surface area contributed by atoms with Crippen LogP contribution in [0.2, 0.25) is 0 Å². The molecule has 4 heteroatoms. The van der Waals surface area contributed by atoms with Crippen molar-refractivity contribution >= 4 is 0 Å². The van der Waals surface area contributed by atoms with Crippen molar-refractivity contribution in [3.8, 4) is 5.75 Å². The summed E-state index contributed by atoms with van der Waals surface area (Å²) < 4.78 is 24.3. The Morgan fingerprint density at radius 2 is 2.12 bits per heavy atom. The number of halogens is 1. The zero-order valence-electron chi connectivity index (χ0n) is 9.91. The van der Waals surface area contributed by atoms with Gasteiger partial charge in [0.2, 0.25) is 0 Å². The fraction of sp³-hybridized carbons (Fsp3) is 0.538. The minimum absolute atomic E-state index is 0.312. The Bertz CT molecular complexity index is 386. The lowest BCUT2D eigenvalue weighted by atomic mass is 9.86. The Morgan fingerprint density at radius 1 is 1.41 bits per heavy atom. The fourth-order valence-corrected chi connectivity index (χ4v) is 2.10. The first-order chi connectivity index (χ1) is 8.15. The molecule has 1 fully saturated rings. The molecule has 0 bridgehead atoms. The van der Waals surface area contributed by atoms with Gasteiger partial charge in [0.1, 0.15) is 11.6 Å². The van der Waals surface area contributed by atoms with E-state index < -0.39 is 11.4 Å². The molecule has 0 unspecified atom stereocenters. The summed E-state index contributed by atoms with van der Waals surface area (Å²) in [6.07, 6.45) is 0.832. The molecule has 0 amide bonds. The van der Waals surface area contributed by atoms with Crippen molar-refractivity contribution in [3.63, 3.8) is 0 Å². The molecule has 0 aromatic heterocycles. The third kappa shape index (κ3) is 2.58. The molecular weight excluding hydrogens is 223 g/mol. The molecule has 17 heavy (non-hydrogen) atoms. The zero-order valence-corrected chi connectivity index (χ0v) is 9.91. The first-order valence-electron chi connectivity index (χ1n) is 5.88. The molecule has 2 rings (SSSR count). The number of hydrogen-bond acceptors (Lipinski definition) is 3. The second kappa shape index (κ2) is 5.02. The van der Waals surface area contributed by atoms with E-state index in [0.29, 0.717) is 44.0 Å². The molecule has 1 aromatic carbocycles. The molecule has 0 aliphatic carbocycles. The number of benzene rings is 1. The second-order valence-corrected chi connectivity index (χ2v) is 4.22. The monoisotopic (exact) mass is 240 g/mol. The predicted octanol–water partition coefficient (Wildman–Crippen LogP) is 2.22. The van der Waals surface area contributed by atoms with Crippen LogP contribution in [-0.4, -0.2) is 24.9 Å². The Morgan fingerprint density at radius 3 is 2.76 bits per heavy atom. The molecule has 1 aliphatic heterocycles. The Balaban J connectivity index is 2.31. The number of aliphatic hydroxyl groups is 1. The molecule has 1 aliphatic rings. The molecule has 0 atom stereocenters. The van der Waals surface area contributed by atoms with Gasteiger partial charge in [0.25, 0.3) is 0 Å². The van der Waals surface area contributed by atoms with Crippen LogP contribution in [0.1, 0.15) is 25.3 Å². The first kappa shape index (κ1) is 12.3. The van der Waals surface area contributed by atoms with Crippen molar-refractivity contribution in [2.75, 3.05) is 19.8 Å². The summed E-state index contributed by atoms with van der Waals surface area (Å²) in [4.78, 5) is 0. The molecule has 1 N–H and O–H groups in total. The van der Waals surface area contributed by atoms with Gasteiger partial charge in [-0.2, -0.15) is 0 Å². The molecule has 1 heterocycles. The molecular formula is C13H17FO3. The average molecular weight is 240 g/mol. The Kier molecular flexibility index (Phi) is 3.64. The topological polar surface area (TPSA) is 38.7 Å². The van der Waals surface area contributed by atoms with Gasteiger partial charge in [0.15, 0.2) is 0 Å². The standard InChI is InChI=1S/C13H17FO3/c1-2-17-10-3-4-12(14)11(9-10)13(15)5-7-16-8-6-13/h3-4,9,15H,2,5-8H2,1H3. The van der Waals surface area contributed by atoms with Gasteiger partial charge in [-0.15, -0.1) is 0 Å². The summed E-state index contributed by atoms with van der Waals surface area (Å²) in [5, 5.41) is 10.4. The van der Waals surface area contributed by atoms with Crippen molar-refractivity contribution < 1.29 is 19.0 Å². The number of rotatable bonds is 3. The summed E-state index contributed by atoms with van der Waals surface area (Å²) in [6.45, 7) is 3.29. The highest BCUT2D eigenvalue weighted by atomic mass is 19.1. The largest absolute Gasteiger partial charge is 0.494 e. The third-order valence-corrected chi connectivity index (χ3v) is 3.07. The van der Waals surface area contributed by atoms with E-state index in [1.165, 1.54) is 6.07 Å². The summed E-state index contributed by atoms with van der Waals surface area (Å²) in [6, 6.07) is 4.50. The summed E-state index contributed by atoms with van der Waals surface area (Å²) in [7, 11) is 0. The van der Waals surface area contributed by atoms with Crippen molar-refractivity contribution in [3.05, 3.63) is 29.6 Å². The van der Waals surface area contributed by atoms with E-state index in [1.807, 2.05) is 6.92 Å². The van der Waals surface area contributed by atoms with Gasteiger partial charge in [-0.3, -0.25) is 0 Å². The van der Waals surface area contributed by atoms with E-state index in [-0.39, 0.29) is 0 Å². The van der Waals surface area contributed by atoms with Crippen LogP contribution in [-0.2, 0) is 10.3 Å². The van der Waals surface area contributed by atoms with Gasteiger partial charge in [0.05, 0.1) is 12.2 Å². The maximum Gasteiger partial charge on any atom is 0.129 e. The van der Waals surface area contributed by atoms with Gasteiger partial charge in [-0.1, -0.05) is 0 Å². The Hall–Kier alpha value is -1.13. The van der Waals surface area contributed by atoms with Gasteiger partial charge < -0.3 is 14.6 Å². The zero-order chi connectivity index (χ0) is 12.3. The van der Waals surface area contributed by atoms with Crippen LogP contribution >= 0.6 is 0 Å². The highest BCUT2D eigenvalue weighted by Crippen LogP contribution is 2.35. The molecule has 1 saturated heterocycles. The second-order valence-electron chi connectivity index (χ2n) is 4.22. The normalized spacial score (nSPS) is 19.0. The predicted molar refractivity (Wildman–Crippen MR) is 61.5 cm³/mol. The van der Waals surface area contributed by atoms with E-state index in [9.17, 15) is 9.50 Å². The van der Waals surface area contributed by atoms with Crippen molar-refractivity contribution in [2.24, 2.45) is 0 Å². The number of hydrogen-bond donors (Lipinski definition) is 1. The van der Waals surface area contributed by atoms with Gasteiger partial charge in [0, 0.05) is 31.6 Å². The highest BCUT2D eigenvalue weighted by Gasteiger charge is 2.34. The quantitative estimate of drug-likeness (QED) is 0.880. The van der Waals surface area contributed by atoms with Gasteiger partial charge in [-0.05, 0) is 25.1 Å². The maximum atomic E-state index is 13.8. The average Bonchev–Trinajstić information content (AvgIpc) is 2.33. The van der Waals surface area contributed by atoms with E-state index in [0.717, 1.165) is 0 Å². The lowest BCUT2D eigenvalue weighted by Gasteiger charge is -2.32. The lowest BCUT2D eigenvalue weighted by molar-refractivity contribution is -0.0699. The highest BCUT2D eigenvalue weighted by molar-refractivity contribution is 5.34. The van der Waals surface area contributed by atoms with Crippen molar-refractivity contribution in [1.82, 2.24) is 0 Å². The van der Waals surface area contributed by atoms with Crippen LogP contribution in [0, 0.1) is 5.82 Å². The van der Waals surface area contributed by atoms with Crippen LogP contribution in [0.4, 0.5) is 4.39 Å². The molecule has 0 saturated carbocycles. The van der Waals surface area contributed by atoms with Crippen LogP contribution in [0.3, 0.4) is 0 Å². The molecule has 3 nitrogen and oxygen atoms in total. The minimum Gasteiger partial charge on any atom is -0.494 e. The summed E-state index contributed by atoms with van der Waals surface area (Å²) in [5.74, 6) is 0.196. The van der Waals surface area contributed by atoms with E-state index in [1.54, 1.807) is 12.1 Å². The lowest BCUT2D eigenvalue weighted by Crippen LogP contribution is -2.34. The smallest absolute Gasteiger partial charge is 0.129 e. The van der Waals surface area contributed by atoms with Crippen LogP contribution in [0.5, 0.6) is 5.75 Å². The van der Waals surface area contributed by atoms with Crippen LogP contribution < -0.4 is 4.74 Å². The number of ether oxygens (including phenoxy) is 2. The third-order valence-electron chi connectivity index (χ3n) is 3.07. The molecule has 94 valence electrons. The SMILES string of the molecule is CCOc1ccc(F)c(C2(O)CCOCC2)c1. The van der Waals surface area contributed by atoms with E-state index in [2.05, 4.69) is 0 Å². The summed E-state index contributed by atoms with van der Waals surface area (Å²) >= 11 is 0. The molecule has 0 spiro atoms. The van der Waals surface area contributed by atoms with Crippen LogP contribution in [0.15, 0.2) is 18.2 Å². The first-order valence-corrected chi connectivity index (χ1v) is 5.88. The minimum atomic E-state index is -1.13. The van der Waals surface area contributed by atoms with E-state index >= 15 is 0 Å². The van der Waals surface area contributed by atoms with Gasteiger partial charge in [-0.25, -0.2) is 4.39 Å². The summed E-state index contributed by atoms with van der Waals surface area (Å²) in [5.41, 5.74) is -0.818. The van der Waals surface area contributed by atoms with E-state index in [4.69, 9.17) is 9.47 Å². The molecule has 0 radical (unpaired) electrons. The van der Waals surface area contributed by atoms with Crippen molar-refractivity contribution in [2.45, 2.75) is 25.4 Å². The molecule has 1 aromatic rings. The van der Waals surface area contributed by atoms with Crippen LogP contribution in [0.25, 0.3) is 0 Å². The maximum absolute atomic E-state index is 13.8. The fourth-order valence-electron chi connectivity index (χ4n) is 2.10. The van der Waals surface area contributed by atoms with Gasteiger partial charge >= 0.3 is 0 Å². The Labute approximate surface area is 100 Å². The van der Waals surface area contributed by atoms with Crippen molar-refractivity contribution in [1.29, 1.82) is 0 Å².